The summed E-state index contributed by atoms with van der Waals surface area (Å²) in [6, 6.07) is 6.71. The minimum Gasteiger partial charge on any atom is -0.389 e. The van der Waals surface area contributed by atoms with Crippen LogP contribution in [-0.4, -0.2) is 42.1 Å². The van der Waals surface area contributed by atoms with Crippen molar-refractivity contribution in [3.63, 3.8) is 0 Å². The Kier molecular flexibility index (Phi) is 4.67. The molecular formula is C16H22ClN3S. The maximum absolute atomic E-state index is 6.27. The standard InChI is InChI=1S/C16H22ClN3S/c17-13-6-3-7-14(15(13)16(18)21)20-10-8-19(9-11-20)12-4-1-2-5-12/h3,6-7,12H,1-2,4-5,8-11H2,(H2,18,21). The Balaban J connectivity index is 1.72. The summed E-state index contributed by atoms with van der Waals surface area (Å²) >= 11 is 11.4. The SMILES string of the molecule is NC(=S)c1c(Cl)cccc1N1CCN(C2CCCC2)CC1. The fourth-order valence-electron chi connectivity index (χ4n) is 3.62. The van der Waals surface area contributed by atoms with E-state index in [0.717, 1.165) is 43.5 Å². The summed E-state index contributed by atoms with van der Waals surface area (Å²) in [5, 5.41) is 0.651. The van der Waals surface area contributed by atoms with Crippen molar-refractivity contribution < 1.29 is 0 Å². The van der Waals surface area contributed by atoms with Gasteiger partial charge in [0, 0.05) is 37.9 Å². The molecule has 0 spiro atoms. The lowest BCUT2D eigenvalue weighted by atomic mass is 10.1. The van der Waals surface area contributed by atoms with Crippen molar-refractivity contribution in [3.8, 4) is 0 Å². The van der Waals surface area contributed by atoms with Crippen LogP contribution >= 0.6 is 23.8 Å². The third kappa shape index (κ3) is 3.17. The van der Waals surface area contributed by atoms with E-state index in [1.54, 1.807) is 0 Å². The first-order chi connectivity index (χ1) is 10.2. The van der Waals surface area contributed by atoms with Crippen LogP contribution < -0.4 is 10.6 Å². The molecule has 0 amide bonds. The van der Waals surface area contributed by atoms with Crippen LogP contribution in [0.1, 0.15) is 31.2 Å². The minimum absolute atomic E-state index is 0.383. The topological polar surface area (TPSA) is 32.5 Å². The first kappa shape index (κ1) is 15.1. The molecule has 3 nitrogen and oxygen atoms in total. The van der Waals surface area contributed by atoms with Crippen LogP contribution in [0, 0.1) is 0 Å². The van der Waals surface area contributed by atoms with Gasteiger partial charge in [0.2, 0.25) is 0 Å². The average Bonchev–Trinajstić information content (AvgIpc) is 3.01. The molecule has 0 bridgehead atoms. The van der Waals surface area contributed by atoms with E-state index in [2.05, 4.69) is 15.9 Å². The van der Waals surface area contributed by atoms with Gasteiger partial charge in [0.1, 0.15) is 4.99 Å². The highest BCUT2D eigenvalue weighted by Gasteiger charge is 2.27. The number of hydrogen-bond donors (Lipinski definition) is 1. The second-order valence-corrected chi connectivity index (χ2v) is 6.81. The molecular weight excluding hydrogens is 302 g/mol. The van der Waals surface area contributed by atoms with Crippen LogP contribution in [0.15, 0.2) is 18.2 Å². The van der Waals surface area contributed by atoms with Gasteiger partial charge in [-0.2, -0.15) is 0 Å². The third-order valence-corrected chi connectivity index (χ3v) is 5.25. The molecule has 1 aromatic carbocycles. The number of hydrogen-bond acceptors (Lipinski definition) is 3. The normalized spacial score (nSPS) is 20.9. The predicted molar refractivity (Wildman–Crippen MR) is 93.4 cm³/mol. The molecule has 1 aliphatic carbocycles. The smallest absolute Gasteiger partial charge is 0.107 e. The van der Waals surface area contributed by atoms with Gasteiger partial charge in [-0.25, -0.2) is 0 Å². The Bertz CT molecular complexity index is 520. The molecule has 0 unspecified atom stereocenters. The predicted octanol–water partition coefficient (Wildman–Crippen LogP) is 3.04. The van der Waals surface area contributed by atoms with Crippen LogP contribution in [0.2, 0.25) is 5.02 Å². The number of thiocarbonyl (C=S) groups is 1. The number of nitrogens with zero attached hydrogens (tertiary/aromatic N) is 2. The first-order valence-corrected chi connectivity index (χ1v) is 8.53. The van der Waals surface area contributed by atoms with E-state index in [1.165, 1.54) is 25.7 Å². The van der Waals surface area contributed by atoms with Gasteiger partial charge in [-0.15, -0.1) is 0 Å². The van der Waals surface area contributed by atoms with E-state index < -0.39 is 0 Å². The van der Waals surface area contributed by atoms with Crippen molar-refractivity contribution in [2.75, 3.05) is 31.1 Å². The molecule has 5 heteroatoms. The minimum atomic E-state index is 0.383. The van der Waals surface area contributed by atoms with E-state index in [0.29, 0.717) is 10.0 Å². The molecule has 2 aliphatic rings. The molecule has 2 fully saturated rings. The van der Waals surface area contributed by atoms with Crippen molar-refractivity contribution >= 4 is 34.5 Å². The van der Waals surface area contributed by atoms with Crippen molar-refractivity contribution in [3.05, 3.63) is 28.8 Å². The summed E-state index contributed by atoms with van der Waals surface area (Å²) in [5.74, 6) is 0. The summed E-state index contributed by atoms with van der Waals surface area (Å²) in [6.45, 7) is 4.28. The highest BCUT2D eigenvalue weighted by molar-refractivity contribution is 7.80. The summed E-state index contributed by atoms with van der Waals surface area (Å²) in [5.41, 5.74) is 7.77. The number of benzene rings is 1. The molecule has 0 radical (unpaired) electrons. The van der Waals surface area contributed by atoms with Gasteiger partial charge in [-0.3, -0.25) is 4.90 Å². The molecule has 1 saturated carbocycles. The summed E-state index contributed by atoms with van der Waals surface area (Å²) < 4.78 is 0. The molecule has 0 aromatic heterocycles. The average molecular weight is 324 g/mol. The van der Waals surface area contributed by atoms with Gasteiger partial charge in [0.25, 0.3) is 0 Å². The fourth-order valence-corrected chi connectivity index (χ4v) is 4.16. The number of nitrogens with two attached hydrogens (primary N) is 1. The Hall–Kier alpha value is -0.840. The molecule has 1 heterocycles. The quantitative estimate of drug-likeness (QED) is 0.867. The lowest BCUT2D eigenvalue weighted by Gasteiger charge is -2.39. The van der Waals surface area contributed by atoms with Crippen LogP contribution in [0.3, 0.4) is 0 Å². The number of anilines is 1. The van der Waals surface area contributed by atoms with E-state index in [9.17, 15) is 0 Å². The van der Waals surface area contributed by atoms with Crippen LogP contribution in [0.25, 0.3) is 0 Å². The summed E-state index contributed by atoms with van der Waals surface area (Å²) in [7, 11) is 0. The van der Waals surface area contributed by atoms with Gasteiger partial charge < -0.3 is 10.6 Å². The van der Waals surface area contributed by atoms with Gasteiger partial charge in [0.05, 0.1) is 10.6 Å². The van der Waals surface area contributed by atoms with E-state index >= 15 is 0 Å². The van der Waals surface area contributed by atoms with Crippen molar-refractivity contribution in [2.45, 2.75) is 31.7 Å². The molecule has 0 atom stereocenters. The van der Waals surface area contributed by atoms with Crippen LogP contribution in [0.5, 0.6) is 0 Å². The second kappa shape index (κ2) is 6.51. The Morgan fingerprint density at radius 3 is 2.43 bits per heavy atom. The summed E-state index contributed by atoms with van der Waals surface area (Å²) in [6.07, 6.45) is 5.53. The molecule has 21 heavy (non-hydrogen) atoms. The lowest BCUT2D eigenvalue weighted by Crippen LogP contribution is -2.50. The summed E-state index contributed by atoms with van der Waals surface area (Å²) in [4.78, 5) is 5.40. The molecule has 2 N–H and O–H groups in total. The molecule has 114 valence electrons. The molecule has 1 aromatic rings. The first-order valence-electron chi connectivity index (χ1n) is 7.74. The largest absolute Gasteiger partial charge is 0.389 e. The van der Waals surface area contributed by atoms with Gasteiger partial charge in [-0.1, -0.05) is 42.7 Å². The lowest BCUT2D eigenvalue weighted by molar-refractivity contribution is 0.187. The maximum atomic E-state index is 6.27. The highest BCUT2D eigenvalue weighted by atomic mass is 35.5. The monoisotopic (exact) mass is 323 g/mol. The van der Waals surface area contributed by atoms with Crippen LogP contribution in [-0.2, 0) is 0 Å². The molecule has 1 aliphatic heterocycles. The third-order valence-electron chi connectivity index (χ3n) is 4.73. The number of halogens is 1. The van der Waals surface area contributed by atoms with E-state index in [4.69, 9.17) is 29.6 Å². The van der Waals surface area contributed by atoms with Crippen molar-refractivity contribution in [1.29, 1.82) is 0 Å². The number of rotatable bonds is 3. The van der Waals surface area contributed by atoms with Gasteiger partial charge in [0.15, 0.2) is 0 Å². The Labute approximate surface area is 137 Å². The van der Waals surface area contributed by atoms with Crippen molar-refractivity contribution in [1.82, 2.24) is 4.90 Å². The van der Waals surface area contributed by atoms with E-state index in [-0.39, 0.29) is 0 Å². The van der Waals surface area contributed by atoms with Gasteiger partial charge >= 0.3 is 0 Å². The fraction of sp³-hybridized carbons (Fsp3) is 0.562. The molecule has 3 rings (SSSR count). The van der Waals surface area contributed by atoms with Crippen LogP contribution in [0.4, 0.5) is 5.69 Å². The highest BCUT2D eigenvalue weighted by Crippen LogP contribution is 2.30. The van der Waals surface area contributed by atoms with Gasteiger partial charge in [-0.05, 0) is 25.0 Å². The Morgan fingerprint density at radius 2 is 1.81 bits per heavy atom. The Morgan fingerprint density at radius 1 is 1.14 bits per heavy atom. The second-order valence-electron chi connectivity index (χ2n) is 5.96. The maximum Gasteiger partial charge on any atom is 0.107 e. The number of piperazine rings is 1. The zero-order valence-corrected chi connectivity index (χ0v) is 13.8. The molecule has 1 saturated heterocycles. The zero-order chi connectivity index (χ0) is 14.8. The zero-order valence-electron chi connectivity index (χ0n) is 12.2. The van der Waals surface area contributed by atoms with Crippen molar-refractivity contribution in [2.24, 2.45) is 5.73 Å². The van der Waals surface area contributed by atoms with E-state index in [1.807, 2.05) is 12.1 Å².